The summed E-state index contributed by atoms with van der Waals surface area (Å²) in [6.45, 7) is 1.53. The predicted octanol–water partition coefficient (Wildman–Crippen LogP) is 1.52. The number of fused-ring (bicyclic) bond motifs is 1. The number of nitrogens with one attached hydrogen (secondary N) is 1. The van der Waals surface area contributed by atoms with Gasteiger partial charge in [-0.15, -0.1) is 0 Å². The van der Waals surface area contributed by atoms with Crippen LogP contribution in [-0.2, 0) is 0 Å². The monoisotopic (exact) mass is 181 g/mol. The first-order valence-electron chi connectivity index (χ1n) is 4.38. The number of rotatable bonds is 2. The fraction of sp³-hybridized carbons (Fsp3) is 0.400. The molecule has 0 amide bonds. The molecule has 2 rings (SSSR count). The summed E-state index contributed by atoms with van der Waals surface area (Å²) in [7, 11) is 1.90. The van der Waals surface area contributed by atoms with Gasteiger partial charge in [0.05, 0.1) is 6.61 Å². The highest BCUT2D eigenvalue weighted by Crippen LogP contribution is 2.33. The smallest absolute Gasteiger partial charge is 0.126 e. The van der Waals surface area contributed by atoms with E-state index in [9.17, 15) is 4.39 Å². The van der Waals surface area contributed by atoms with Crippen molar-refractivity contribution in [2.45, 2.75) is 5.92 Å². The van der Waals surface area contributed by atoms with Crippen molar-refractivity contribution in [2.24, 2.45) is 0 Å². The van der Waals surface area contributed by atoms with Crippen molar-refractivity contribution in [3.63, 3.8) is 0 Å². The van der Waals surface area contributed by atoms with E-state index in [0.717, 1.165) is 12.1 Å². The van der Waals surface area contributed by atoms with Gasteiger partial charge in [-0.3, -0.25) is 0 Å². The molecule has 1 aromatic carbocycles. The summed E-state index contributed by atoms with van der Waals surface area (Å²) in [4.78, 5) is 0. The van der Waals surface area contributed by atoms with Crippen LogP contribution in [0.2, 0.25) is 0 Å². The average molecular weight is 181 g/mol. The lowest BCUT2D eigenvalue weighted by molar-refractivity contribution is 0.327. The number of hydrogen-bond donors (Lipinski definition) is 1. The van der Waals surface area contributed by atoms with Gasteiger partial charge in [-0.25, -0.2) is 4.39 Å². The molecule has 0 spiro atoms. The molecule has 0 radical (unpaired) electrons. The molecule has 3 heteroatoms. The predicted molar refractivity (Wildman–Crippen MR) is 48.6 cm³/mol. The Morgan fingerprint density at radius 3 is 3.23 bits per heavy atom. The summed E-state index contributed by atoms with van der Waals surface area (Å²) in [5.74, 6) is 0.824. The van der Waals surface area contributed by atoms with Gasteiger partial charge in [0.1, 0.15) is 11.6 Å². The fourth-order valence-electron chi connectivity index (χ4n) is 1.67. The third kappa shape index (κ3) is 1.52. The first-order valence-corrected chi connectivity index (χ1v) is 4.38. The van der Waals surface area contributed by atoms with Gasteiger partial charge in [0.25, 0.3) is 0 Å². The summed E-state index contributed by atoms with van der Waals surface area (Å²) in [6, 6.07) is 4.74. The SMILES string of the molecule is CNCC1COc2cc(F)ccc21. The Hall–Kier alpha value is -1.09. The first-order chi connectivity index (χ1) is 6.31. The minimum atomic E-state index is -0.233. The Bertz CT molecular complexity index is 314. The van der Waals surface area contributed by atoms with E-state index in [1.165, 1.54) is 12.1 Å². The molecule has 1 atom stereocenters. The van der Waals surface area contributed by atoms with Crippen molar-refractivity contribution >= 4 is 0 Å². The summed E-state index contributed by atoms with van der Waals surface area (Å²) >= 11 is 0. The molecule has 0 aliphatic carbocycles. The molecule has 1 heterocycles. The van der Waals surface area contributed by atoms with Crippen LogP contribution in [0.5, 0.6) is 5.75 Å². The molecule has 0 fully saturated rings. The minimum Gasteiger partial charge on any atom is -0.492 e. The van der Waals surface area contributed by atoms with Crippen LogP contribution in [0.1, 0.15) is 11.5 Å². The van der Waals surface area contributed by atoms with Crippen molar-refractivity contribution in [3.8, 4) is 5.75 Å². The molecule has 1 N–H and O–H groups in total. The lowest BCUT2D eigenvalue weighted by Crippen LogP contribution is -2.17. The molecule has 70 valence electrons. The summed E-state index contributed by atoms with van der Waals surface area (Å²) < 4.78 is 18.1. The molecule has 1 unspecified atom stereocenters. The van der Waals surface area contributed by atoms with Crippen LogP contribution in [0.3, 0.4) is 0 Å². The molecule has 0 aromatic heterocycles. The average Bonchev–Trinajstić information content (AvgIpc) is 2.49. The molecule has 1 aliphatic rings. The van der Waals surface area contributed by atoms with Crippen LogP contribution in [0.15, 0.2) is 18.2 Å². The second-order valence-electron chi connectivity index (χ2n) is 3.25. The second kappa shape index (κ2) is 3.34. The number of benzene rings is 1. The molecular weight excluding hydrogens is 169 g/mol. The van der Waals surface area contributed by atoms with E-state index in [1.807, 2.05) is 7.05 Å². The van der Waals surface area contributed by atoms with Gasteiger partial charge in [0.2, 0.25) is 0 Å². The number of ether oxygens (including phenoxy) is 1. The van der Waals surface area contributed by atoms with Gasteiger partial charge in [0, 0.05) is 24.1 Å². The lowest BCUT2D eigenvalue weighted by atomic mass is 10.0. The molecule has 0 bridgehead atoms. The molecule has 1 aliphatic heterocycles. The maximum atomic E-state index is 12.8. The molecule has 1 aromatic rings. The standard InChI is InChI=1S/C10H12FNO/c1-12-5-7-6-13-10-4-8(11)2-3-9(7)10/h2-4,7,12H,5-6H2,1H3. The van der Waals surface area contributed by atoms with Crippen LogP contribution < -0.4 is 10.1 Å². The Kier molecular flexibility index (Phi) is 2.19. The largest absolute Gasteiger partial charge is 0.492 e. The van der Waals surface area contributed by atoms with Crippen molar-refractivity contribution < 1.29 is 9.13 Å². The minimum absolute atomic E-state index is 0.233. The number of hydrogen-bond acceptors (Lipinski definition) is 2. The van der Waals surface area contributed by atoms with Crippen LogP contribution in [0.25, 0.3) is 0 Å². The molecule has 0 saturated carbocycles. The van der Waals surface area contributed by atoms with Gasteiger partial charge in [-0.05, 0) is 13.1 Å². The third-order valence-electron chi connectivity index (χ3n) is 2.31. The summed E-state index contributed by atoms with van der Waals surface area (Å²) in [6.07, 6.45) is 0. The van der Waals surface area contributed by atoms with Crippen molar-refractivity contribution in [2.75, 3.05) is 20.2 Å². The van der Waals surface area contributed by atoms with Crippen LogP contribution in [-0.4, -0.2) is 20.2 Å². The van der Waals surface area contributed by atoms with Crippen LogP contribution in [0.4, 0.5) is 4.39 Å². The topological polar surface area (TPSA) is 21.3 Å². The van der Waals surface area contributed by atoms with E-state index < -0.39 is 0 Å². The molecular formula is C10H12FNO. The lowest BCUT2D eigenvalue weighted by Gasteiger charge is -2.06. The van der Waals surface area contributed by atoms with E-state index >= 15 is 0 Å². The van der Waals surface area contributed by atoms with Gasteiger partial charge in [0.15, 0.2) is 0 Å². The number of likely N-dealkylation sites (N-methyl/N-ethyl adjacent to an activating group) is 1. The fourth-order valence-corrected chi connectivity index (χ4v) is 1.67. The highest BCUT2D eigenvalue weighted by atomic mass is 19.1. The van der Waals surface area contributed by atoms with Crippen LogP contribution >= 0.6 is 0 Å². The van der Waals surface area contributed by atoms with Crippen LogP contribution in [0, 0.1) is 5.82 Å². The normalized spacial score (nSPS) is 19.7. The van der Waals surface area contributed by atoms with Gasteiger partial charge in [-0.1, -0.05) is 6.07 Å². The number of halogens is 1. The summed E-state index contributed by atoms with van der Waals surface area (Å²) in [5, 5.41) is 3.09. The van der Waals surface area contributed by atoms with Crippen molar-refractivity contribution in [1.82, 2.24) is 5.32 Å². The van der Waals surface area contributed by atoms with E-state index in [4.69, 9.17) is 4.74 Å². The Morgan fingerprint density at radius 2 is 2.46 bits per heavy atom. The Labute approximate surface area is 76.7 Å². The Morgan fingerprint density at radius 1 is 1.62 bits per heavy atom. The zero-order valence-corrected chi connectivity index (χ0v) is 7.51. The van der Waals surface area contributed by atoms with E-state index in [2.05, 4.69) is 5.32 Å². The zero-order valence-electron chi connectivity index (χ0n) is 7.51. The molecule has 13 heavy (non-hydrogen) atoms. The quantitative estimate of drug-likeness (QED) is 0.747. The third-order valence-corrected chi connectivity index (χ3v) is 2.31. The highest BCUT2D eigenvalue weighted by molar-refractivity contribution is 5.40. The van der Waals surface area contributed by atoms with Crippen molar-refractivity contribution in [1.29, 1.82) is 0 Å². The molecule has 0 saturated heterocycles. The van der Waals surface area contributed by atoms with Gasteiger partial charge in [-0.2, -0.15) is 0 Å². The first kappa shape index (κ1) is 8.51. The van der Waals surface area contributed by atoms with E-state index in [0.29, 0.717) is 18.3 Å². The van der Waals surface area contributed by atoms with E-state index in [-0.39, 0.29) is 5.82 Å². The molecule has 2 nitrogen and oxygen atoms in total. The maximum absolute atomic E-state index is 12.8. The van der Waals surface area contributed by atoms with Gasteiger partial charge < -0.3 is 10.1 Å². The maximum Gasteiger partial charge on any atom is 0.126 e. The second-order valence-corrected chi connectivity index (χ2v) is 3.25. The van der Waals surface area contributed by atoms with Crippen molar-refractivity contribution in [3.05, 3.63) is 29.6 Å². The highest BCUT2D eigenvalue weighted by Gasteiger charge is 2.23. The van der Waals surface area contributed by atoms with Gasteiger partial charge >= 0.3 is 0 Å². The Balaban J connectivity index is 2.27. The van der Waals surface area contributed by atoms with E-state index in [1.54, 1.807) is 6.07 Å². The summed E-state index contributed by atoms with van der Waals surface area (Å²) in [5.41, 5.74) is 1.11. The zero-order chi connectivity index (χ0) is 9.26.